The summed E-state index contributed by atoms with van der Waals surface area (Å²) in [5, 5.41) is 0. The third kappa shape index (κ3) is 3.81. The van der Waals surface area contributed by atoms with Crippen LogP contribution in [0.5, 0.6) is 0 Å². The minimum absolute atomic E-state index is 0.174. The number of nitrogens with zero attached hydrogens (tertiary/aromatic N) is 1. The summed E-state index contributed by atoms with van der Waals surface area (Å²) in [5.74, 6) is 0.174. The fraction of sp³-hybridized carbons (Fsp3) is 0.167. The van der Waals surface area contributed by atoms with E-state index in [1.54, 1.807) is 6.07 Å². The van der Waals surface area contributed by atoms with Gasteiger partial charge in [0.1, 0.15) is 0 Å². The lowest BCUT2D eigenvalue weighted by atomic mass is 9.89. The Balaban J connectivity index is 0.000000309. The number of hydrogen-bond donors (Lipinski definition) is 5. The second kappa shape index (κ2) is 5.75. The van der Waals surface area contributed by atoms with Crippen molar-refractivity contribution >= 4 is 22.0 Å². The van der Waals surface area contributed by atoms with E-state index in [0.717, 1.165) is 29.7 Å². The summed E-state index contributed by atoms with van der Waals surface area (Å²) in [6.45, 7) is 0. The SMILES string of the molecule is Nc1ccc2c(c1)CCc1nc(N)[nH]c(=O)c1-2.O=S(=O)(O)O. The number of aromatic nitrogens is 2. The van der Waals surface area contributed by atoms with E-state index in [2.05, 4.69) is 9.97 Å². The van der Waals surface area contributed by atoms with Crippen molar-refractivity contribution < 1.29 is 17.5 Å². The minimum Gasteiger partial charge on any atom is -0.399 e. The molecule has 0 unspecified atom stereocenters. The Labute approximate surface area is 125 Å². The van der Waals surface area contributed by atoms with Gasteiger partial charge in [0.05, 0.1) is 11.3 Å². The maximum absolute atomic E-state index is 11.9. The summed E-state index contributed by atoms with van der Waals surface area (Å²) < 4.78 is 31.6. The molecular formula is C12H14N4O5S. The largest absolute Gasteiger partial charge is 0.399 e. The first-order chi connectivity index (χ1) is 10.1. The molecule has 0 bridgehead atoms. The van der Waals surface area contributed by atoms with E-state index in [-0.39, 0.29) is 11.5 Å². The number of benzene rings is 1. The topological polar surface area (TPSA) is 172 Å². The maximum Gasteiger partial charge on any atom is 0.394 e. The van der Waals surface area contributed by atoms with Crippen LogP contribution in [0.3, 0.4) is 0 Å². The number of rotatable bonds is 0. The van der Waals surface area contributed by atoms with E-state index in [4.69, 9.17) is 29.0 Å². The fourth-order valence-electron chi connectivity index (χ4n) is 2.32. The first-order valence-electron chi connectivity index (χ1n) is 6.12. The molecule has 2 aromatic rings. The van der Waals surface area contributed by atoms with Gasteiger partial charge in [0.2, 0.25) is 5.95 Å². The summed E-state index contributed by atoms with van der Waals surface area (Å²) in [4.78, 5) is 18.6. The number of aromatic amines is 1. The molecule has 0 aliphatic heterocycles. The van der Waals surface area contributed by atoms with E-state index in [1.165, 1.54) is 0 Å². The van der Waals surface area contributed by atoms with E-state index >= 15 is 0 Å². The number of fused-ring (bicyclic) bond motifs is 3. The first-order valence-corrected chi connectivity index (χ1v) is 7.52. The van der Waals surface area contributed by atoms with Crippen LogP contribution in [0.2, 0.25) is 0 Å². The zero-order valence-electron chi connectivity index (χ0n) is 11.3. The maximum atomic E-state index is 11.9. The van der Waals surface area contributed by atoms with Gasteiger partial charge in [-0.3, -0.25) is 18.9 Å². The lowest BCUT2D eigenvalue weighted by Gasteiger charge is -2.18. The lowest BCUT2D eigenvalue weighted by molar-refractivity contribution is 0.381. The lowest BCUT2D eigenvalue weighted by Crippen LogP contribution is -2.20. The van der Waals surface area contributed by atoms with Gasteiger partial charge in [-0.1, -0.05) is 6.07 Å². The van der Waals surface area contributed by atoms with Gasteiger partial charge in [0.25, 0.3) is 5.56 Å². The predicted molar refractivity (Wildman–Crippen MR) is 80.7 cm³/mol. The molecule has 118 valence electrons. The molecule has 22 heavy (non-hydrogen) atoms. The van der Waals surface area contributed by atoms with Crippen LogP contribution in [-0.2, 0) is 23.2 Å². The predicted octanol–water partition coefficient (Wildman–Crippen LogP) is 0.0471. The number of nitrogens with one attached hydrogen (secondary N) is 1. The smallest absolute Gasteiger partial charge is 0.394 e. The quantitative estimate of drug-likeness (QED) is 0.333. The van der Waals surface area contributed by atoms with Crippen LogP contribution in [0, 0.1) is 0 Å². The number of anilines is 2. The van der Waals surface area contributed by atoms with Crippen molar-refractivity contribution in [3.8, 4) is 11.1 Å². The molecule has 7 N–H and O–H groups in total. The highest BCUT2D eigenvalue weighted by atomic mass is 32.3. The molecule has 1 aromatic heterocycles. The van der Waals surface area contributed by atoms with Gasteiger partial charge < -0.3 is 11.5 Å². The van der Waals surface area contributed by atoms with Crippen LogP contribution < -0.4 is 17.0 Å². The molecule has 0 atom stereocenters. The molecule has 0 saturated carbocycles. The molecule has 0 amide bonds. The van der Waals surface area contributed by atoms with Crippen molar-refractivity contribution in [3.05, 3.63) is 39.8 Å². The normalized spacial score (nSPS) is 12.6. The summed E-state index contributed by atoms with van der Waals surface area (Å²) >= 11 is 0. The van der Waals surface area contributed by atoms with Gasteiger partial charge in [-0.15, -0.1) is 0 Å². The highest BCUT2D eigenvalue weighted by molar-refractivity contribution is 7.79. The first kappa shape index (κ1) is 15.9. The van der Waals surface area contributed by atoms with Crippen molar-refractivity contribution in [2.24, 2.45) is 0 Å². The Kier molecular flexibility index (Phi) is 4.17. The average molecular weight is 326 g/mol. The number of nitrogens with two attached hydrogens (primary N) is 2. The molecule has 0 fully saturated rings. The molecule has 0 radical (unpaired) electrons. The van der Waals surface area contributed by atoms with Crippen LogP contribution in [-0.4, -0.2) is 27.5 Å². The Hall–Kier alpha value is -2.43. The van der Waals surface area contributed by atoms with Crippen molar-refractivity contribution in [1.82, 2.24) is 9.97 Å². The van der Waals surface area contributed by atoms with E-state index in [0.29, 0.717) is 11.3 Å². The van der Waals surface area contributed by atoms with Gasteiger partial charge in [0, 0.05) is 5.69 Å². The summed E-state index contributed by atoms with van der Waals surface area (Å²) in [6, 6.07) is 5.58. The molecule has 0 saturated heterocycles. The standard InChI is InChI=1S/C12H12N4O.H2O4S/c13-7-2-3-8-6(5-7)1-4-9-10(8)11(17)16-12(14)15-9;1-5(2,3)4/h2-3,5H,1,4,13H2,(H3,14,15,16,17);(H2,1,2,3,4). The molecule has 3 rings (SSSR count). The highest BCUT2D eigenvalue weighted by Gasteiger charge is 2.20. The van der Waals surface area contributed by atoms with Crippen molar-refractivity contribution in [1.29, 1.82) is 0 Å². The van der Waals surface area contributed by atoms with Crippen LogP contribution >= 0.6 is 0 Å². The van der Waals surface area contributed by atoms with Gasteiger partial charge in [-0.05, 0) is 36.1 Å². The number of hydrogen-bond acceptors (Lipinski definition) is 6. The zero-order valence-corrected chi connectivity index (χ0v) is 12.1. The van der Waals surface area contributed by atoms with Crippen LogP contribution in [0.25, 0.3) is 11.1 Å². The van der Waals surface area contributed by atoms with E-state index in [1.807, 2.05) is 12.1 Å². The van der Waals surface area contributed by atoms with Crippen LogP contribution in [0.4, 0.5) is 11.6 Å². The summed E-state index contributed by atoms with van der Waals surface area (Å²) in [6.07, 6.45) is 1.56. The second-order valence-corrected chi connectivity index (χ2v) is 5.53. The number of H-pyrrole nitrogens is 1. The molecule has 10 heteroatoms. The Morgan fingerprint density at radius 1 is 1.18 bits per heavy atom. The summed E-state index contributed by atoms with van der Waals surface area (Å²) in [7, 11) is -4.67. The number of aryl methyl sites for hydroxylation is 2. The molecule has 0 spiro atoms. The van der Waals surface area contributed by atoms with Crippen molar-refractivity contribution in [2.75, 3.05) is 11.5 Å². The monoisotopic (exact) mass is 326 g/mol. The third-order valence-corrected chi connectivity index (χ3v) is 3.04. The molecular weight excluding hydrogens is 312 g/mol. The van der Waals surface area contributed by atoms with Gasteiger partial charge in [-0.2, -0.15) is 8.42 Å². The van der Waals surface area contributed by atoms with Crippen LogP contribution in [0.15, 0.2) is 23.0 Å². The van der Waals surface area contributed by atoms with Crippen molar-refractivity contribution in [3.63, 3.8) is 0 Å². The van der Waals surface area contributed by atoms with Crippen LogP contribution in [0.1, 0.15) is 11.3 Å². The minimum atomic E-state index is -4.67. The molecule has 1 aliphatic carbocycles. The average Bonchev–Trinajstić information content (AvgIpc) is 2.35. The van der Waals surface area contributed by atoms with E-state index < -0.39 is 10.4 Å². The second-order valence-electron chi connectivity index (χ2n) is 4.64. The zero-order chi connectivity index (χ0) is 16.5. The molecule has 1 aromatic carbocycles. The third-order valence-electron chi connectivity index (χ3n) is 3.04. The van der Waals surface area contributed by atoms with E-state index in [9.17, 15) is 4.79 Å². The number of nitrogen functional groups attached to an aromatic ring is 2. The Morgan fingerprint density at radius 2 is 1.82 bits per heavy atom. The Morgan fingerprint density at radius 3 is 2.45 bits per heavy atom. The summed E-state index contributed by atoms with van der Waals surface area (Å²) in [5.41, 5.74) is 15.2. The fourth-order valence-corrected chi connectivity index (χ4v) is 2.32. The highest BCUT2D eigenvalue weighted by Crippen LogP contribution is 2.31. The van der Waals surface area contributed by atoms with Gasteiger partial charge >= 0.3 is 10.4 Å². The molecule has 1 heterocycles. The van der Waals surface area contributed by atoms with Crippen molar-refractivity contribution in [2.45, 2.75) is 12.8 Å². The molecule has 9 nitrogen and oxygen atoms in total. The Bertz CT molecular complexity index is 868. The van der Waals surface area contributed by atoms with Gasteiger partial charge in [0.15, 0.2) is 0 Å². The van der Waals surface area contributed by atoms with Gasteiger partial charge in [-0.25, -0.2) is 4.98 Å². The molecule has 1 aliphatic rings.